The van der Waals surface area contributed by atoms with Gasteiger partial charge in [-0.15, -0.1) is 13.2 Å². The number of halogens is 3. The molecule has 2 aromatic carbocycles. The van der Waals surface area contributed by atoms with E-state index in [0.717, 1.165) is 23.1 Å². The lowest BCUT2D eigenvalue weighted by molar-refractivity contribution is -0.308. The highest BCUT2D eigenvalue weighted by molar-refractivity contribution is 5.80. The van der Waals surface area contributed by atoms with E-state index in [0.29, 0.717) is 6.61 Å². The summed E-state index contributed by atoms with van der Waals surface area (Å²) in [4.78, 5) is 5.63. The van der Waals surface area contributed by atoms with Crippen molar-refractivity contribution in [2.24, 2.45) is 5.16 Å². The van der Waals surface area contributed by atoms with Crippen LogP contribution >= 0.6 is 0 Å². The van der Waals surface area contributed by atoms with Gasteiger partial charge >= 0.3 is 6.36 Å². The lowest BCUT2D eigenvalue weighted by atomic mass is 9.99. The van der Waals surface area contributed by atoms with E-state index in [-0.39, 0.29) is 24.1 Å². The van der Waals surface area contributed by atoms with Crippen LogP contribution in [0.5, 0.6) is 5.75 Å². The maximum atomic E-state index is 12.3. The number of ether oxygens (including phenoxy) is 5. The standard InChI is InChI=1S/C27H32F3NO6/c1-5-16-34-24-23(32-3)18(2)35-26(25(24)33-4)37-31-17-21-10-8-19(9-11-21)6-7-20-12-14-22(15-13-20)36-27(28,29)30/h6-15,17-18,23-26H,5,16H2,1-4H3/t18-,23-,24+,25+,26-/m0/s1. The molecule has 3 rings (SSSR count). The van der Waals surface area contributed by atoms with Crippen LogP contribution in [0.25, 0.3) is 12.2 Å². The predicted molar refractivity (Wildman–Crippen MR) is 133 cm³/mol. The first-order valence-electron chi connectivity index (χ1n) is 11.9. The summed E-state index contributed by atoms with van der Waals surface area (Å²) < 4.78 is 63.8. The summed E-state index contributed by atoms with van der Waals surface area (Å²) in [5.41, 5.74) is 2.44. The van der Waals surface area contributed by atoms with E-state index in [1.807, 2.05) is 44.2 Å². The molecule has 1 aliphatic rings. The number of hydrogen-bond donors (Lipinski definition) is 0. The van der Waals surface area contributed by atoms with Gasteiger partial charge in [-0.05, 0) is 42.2 Å². The van der Waals surface area contributed by atoms with Gasteiger partial charge in [0.25, 0.3) is 6.29 Å². The summed E-state index contributed by atoms with van der Waals surface area (Å²) in [5.74, 6) is -0.261. The normalized spacial score (nSPS) is 24.6. The first-order chi connectivity index (χ1) is 17.7. The molecule has 0 unspecified atom stereocenters. The fraction of sp³-hybridized carbons (Fsp3) is 0.444. The van der Waals surface area contributed by atoms with Crippen molar-refractivity contribution in [1.29, 1.82) is 0 Å². The van der Waals surface area contributed by atoms with Gasteiger partial charge in [0, 0.05) is 20.8 Å². The average molecular weight is 524 g/mol. The number of benzene rings is 2. The minimum Gasteiger partial charge on any atom is -0.406 e. The Morgan fingerprint density at radius 2 is 1.43 bits per heavy atom. The zero-order chi connectivity index (χ0) is 26.8. The maximum absolute atomic E-state index is 12.3. The molecule has 1 aliphatic heterocycles. The van der Waals surface area contributed by atoms with Crippen LogP contribution in [0, 0.1) is 0 Å². The van der Waals surface area contributed by atoms with Crippen molar-refractivity contribution < 1.29 is 41.7 Å². The van der Waals surface area contributed by atoms with E-state index in [2.05, 4.69) is 9.89 Å². The Kier molecular flexibility index (Phi) is 10.5. The second-order valence-electron chi connectivity index (χ2n) is 8.40. The molecule has 0 aromatic heterocycles. The maximum Gasteiger partial charge on any atom is 0.573 e. The van der Waals surface area contributed by atoms with E-state index < -0.39 is 18.8 Å². The number of methoxy groups -OCH3 is 2. The number of alkyl halides is 3. The molecule has 7 nitrogen and oxygen atoms in total. The van der Waals surface area contributed by atoms with Crippen molar-refractivity contribution in [3.05, 3.63) is 65.2 Å². The van der Waals surface area contributed by atoms with Crippen LogP contribution in [0.4, 0.5) is 13.2 Å². The van der Waals surface area contributed by atoms with E-state index in [9.17, 15) is 13.2 Å². The highest BCUT2D eigenvalue weighted by Gasteiger charge is 2.47. The van der Waals surface area contributed by atoms with Crippen molar-refractivity contribution in [3.63, 3.8) is 0 Å². The quantitative estimate of drug-likeness (QED) is 0.215. The zero-order valence-electron chi connectivity index (χ0n) is 21.2. The SMILES string of the molecule is CCCO[C@@H]1[C@@H](OC)[C@H](C)O[C@@H](ON=Cc2ccc(C=Cc3ccc(OC(F)(F)F)cc3)cc2)[C@@H]1OC. The third-order valence-electron chi connectivity index (χ3n) is 5.67. The van der Waals surface area contributed by atoms with Crippen LogP contribution in [-0.4, -0.2) is 64.1 Å². The predicted octanol–water partition coefficient (Wildman–Crippen LogP) is 5.68. The molecule has 10 heteroatoms. The van der Waals surface area contributed by atoms with Crippen molar-refractivity contribution >= 4 is 18.4 Å². The van der Waals surface area contributed by atoms with Gasteiger partial charge in [-0.1, -0.05) is 60.6 Å². The fourth-order valence-corrected chi connectivity index (χ4v) is 3.89. The van der Waals surface area contributed by atoms with Gasteiger partial charge in [0.15, 0.2) is 6.10 Å². The van der Waals surface area contributed by atoms with E-state index >= 15 is 0 Å². The van der Waals surface area contributed by atoms with Crippen molar-refractivity contribution in [2.75, 3.05) is 20.8 Å². The highest BCUT2D eigenvalue weighted by atomic mass is 19.4. The van der Waals surface area contributed by atoms with Crippen LogP contribution in [0.1, 0.15) is 37.0 Å². The van der Waals surface area contributed by atoms with Gasteiger partial charge in [-0.2, -0.15) is 0 Å². The summed E-state index contributed by atoms with van der Waals surface area (Å²) >= 11 is 0. The van der Waals surface area contributed by atoms with Crippen LogP contribution < -0.4 is 4.74 Å². The molecule has 0 bridgehead atoms. The van der Waals surface area contributed by atoms with Gasteiger partial charge < -0.3 is 28.5 Å². The Morgan fingerprint density at radius 1 is 0.865 bits per heavy atom. The monoisotopic (exact) mass is 523 g/mol. The van der Waals surface area contributed by atoms with Gasteiger partial charge in [0.2, 0.25) is 0 Å². The second-order valence-corrected chi connectivity index (χ2v) is 8.40. The second kappa shape index (κ2) is 13.6. The van der Waals surface area contributed by atoms with E-state index in [1.54, 1.807) is 38.6 Å². The number of hydrogen-bond acceptors (Lipinski definition) is 7. The first-order valence-corrected chi connectivity index (χ1v) is 11.9. The zero-order valence-corrected chi connectivity index (χ0v) is 21.2. The van der Waals surface area contributed by atoms with Gasteiger partial charge in [-0.25, -0.2) is 0 Å². The molecule has 0 amide bonds. The van der Waals surface area contributed by atoms with Gasteiger partial charge in [0.05, 0.1) is 12.3 Å². The molecule has 0 radical (unpaired) electrons. The molecule has 0 N–H and O–H groups in total. The summed E-state index contributed by atoms with van der Waals surface area (Å²) in [6.07, 6.45) is -0.872. The Morgan fingerprint density at radius 3 is 1.97 bits per heavy atom. The Labute approximate surface area is 214 Å². The summed E-state index contributed by atoms with van der Waals surface area (Å²) in [6.45, 7) is 4.48. The molecular formula is C27H32F3NO6. The minimum absolute atomic E-state index is 0.261. The van der Waals surface area contributed by atoms with E-state index in [4.69, 9.17) is 23.8 Å². The molecule has 1 heterocycles. The fourth-order valence-electron chi connectivity index (χ4n) is 3.89. The summed E-state index contributed by atoms with van der Waals surface area (Å²) in [6, 6.07) is 13.1. The van der Waals surface area contributed by atoms with Gasteiger partial charge in [0.1, 0.15) is 18.0 Å². The Balaban J connectivity index is 1.57. The lowest BCUT2D eigenvalue weighted by Gasteiger charge is -2.42. The van der Waals surface area contributed by atoms with Crippen molar-refractivity contribution in [3.8, 4) is 5.75 Å². The number of oxime groups is 1. The molecule has 2 aromatic rings. The molecule has 5 atom stereocenters. The Hall–Kier alpha value is -2.92. The average Bonchev–Trinajstić information content (AvgIpc) is 2.87. The van der Waals surface area contributed by atoms with Crippen LogP contribution in [-0.2, 0) is 23.8 Å². The lowest BCUT2D eigenvalue weighted by Crippen LogP contribution is -2.59. The molecule has 1 saturated heterocycles. The molecule has 37 heavy (non-hydrogen) atoms. The molecular weight excluding hydrogens is 491 g/mol. The first kappa shape index (κ1) is 28.6. The smallest absolute Gasteiger partial charge is 0.406 e. The molecule has 202 valence electrons. The summed E-state index contributed by atoms with van der Waals surface area (Å²) in [7, 11) is 3.18. The third kappa shape index (κ3) is 8.57. The molecule has 0 aliphatic carbocycles. The third-order valence-corrected chi connectivity index (χ3v) is 5.67. The van der Waals surface area contributed by atoms with Crippen molar-refractivity contribution in [1.82, 2.24) is 0 Å². The molecule has 0 spiro atoms. The largest absolute Gasteiger partial charge is 0.573 e. The topological polar surface area (TPSA) is 67.7 Å². The minimum atomic E-state index is -4.71. The van der Waals surface area contributed by atoms with E-state index in [1.165, 1.54) is 12.1 Å². The van der Waals surface area contributed by atoms with Crippen LogP contribution in [0.2, 0.25) is 0 Å². The van der Waals surface area contributed by atoms with Crippen LogP contribution in [0.15, 0.2) is 53.7 Å². The summed E-state index contributed by atoms with van der Waals surface area (Å²) in [5, 5.41) is 4.08. The number of nitrogens with zero attached hydrogens (tertiary/aromatic N) is 1. The highest BCUT2D eigenvalue weighted by Crippen LogP contribution is 2.28. The molecule has 1 fully saturated rings. The molecule has 0 saturated carbocycles. The van der Waals surface area contributed by atoms with Gasteiger partial charge in [-0.3, -0.25) is 0 Å². The van der Waals surface area contributed by atoms with Crippen LogP contribution in [0.3, 0.4) is 0 Å². The van der Waals surface area contributed by atoms with Crippen molar-refractivity contribution in [2.45, 2.75) is 57.3 Å². The number of rotatable bonds is 11. The Bertz CT molecular complexity index is 1010.